The number of aliphatic imine (C=N–C) groups is 2. The molecule has 0 spiro atoms. The van der Waals surface area contributed by atoms with Crippen molar-refractivity contribution in [1.29, 1.82) is 0 Å². The van der Waals surface area contributed by atoms with Gasteiger partial charge >= 0.3 is 0 Å². The molecule has 1 aromatic carbocycles. The van der Waals surface area contributed by atoms with Gasteiger partial charge in [-0.3, -0.25) is 15.1 Å². The van der Waals surface area contributed by atoms with E-state index in [2.05, 4.69) is 34.9 Å². The van der Waals surface area contributed by atoms with E-state index in [9.17, 15) is 0 Å². The Morgan fingerprint density at radius 1 is 1.26 bits per heavy atom. The molecule has 1 aliphatic carbocycles. The predicted octanol–water partition coefficient (Wildman–Crippen LogP) is 3.49. The molecule has 0 radical (unpaired) electrons. The van der Waals surface area contributed by atoms with Crippen LogP contribution in [0.15, 0.2) is 63.7 Å². The summed E-state index contributed by atoms with van der Waals surface area (Å²) in [6, 6.07) is 14.4. The normalized spacial score (nSPS) is 20.3. The summed E-state index contributed by atoms with van der Waals surface area (Å²) in [6.07, 6.45) is 3.04. The standard InChI is InChI=1S/C18H20N4S/c1-20-12-17(21-10-13-5-3-2-4-6-13)16-9-15(16)14-7-8-18(23-19)22-11-14/h2-8,11,15-16H,1,9-10,12,19H2/b21-17+. The third-order valence-electron chi connectivity index (χ3n) is 4.11. The molecule has 1 heterocycles. The van der Waals surface area contributed by atoms with Crippen molar-refractivity contribution in [3.05, 3.63) is 59.8 Å². The molecule has 2 unspecified atom stereocenters. The molecule has 4 nitrogen and oxygen atoms in total. The first-order valence-electron chi connectivity index (χ1n) is 7.64. The highest BCUT2D eigenvalue weighted by molar-refractivity contribution is 7.97. The topological polar surface area (TPSA) is 63.6 Å². The molecule has 1 aromatic heterocycles. The number of nitrogens with two attached hydrogens (primary N) is 1. The van der Waals surface area contributed by atoms with E-state index < -0.39 is 0 Å². The number of aromatic nitrogens is 1. The Hall–Kier alpha value is -1.98. The van der Waals surface area contributed by atoms with Gasteiger partial charge in [-0.15, -0.1) is 0 Å². The van der Waals surface area contributed by atoms with Crippen LogP contribution in [0, 0.1) is 5.92 Å². The van der Waals surface area contributed by atoms with Gasteiger partial charge in [0.25, 0.3) is 0 Å². The molecule has 1 fully saturated rings. The van der Waals surface area contributed by atoms with Crippen molar-refractivity contribution in [1.82, 2.24) is 4.98 Å². The lowest BCUT2D eigenvalue weighted by Crippen LogP contribution is -2.08. The number of pyridine rings is 1. The van der Waals surface area contributed by atoms with E-state index in [0.717, 1.165) is 17.2 Å². The smallest absolute Gasteiger partial charge is 0.111 e. The second kappa shape index (κ2) is 7.53. The van der Waals surface area contributed by atoms with Crippen LogP contribution in [0.3, 0.4) is 0 Å². The molecule has 118 valence electrons. The van der Waals surface area contributed by atoms with Gasteiger partial charge in [-0.1, -0.05) is 36.4 Å². The maximum Gasteiger partial charge on any atom is 0.111 e. The average Bonchev–Trinajstić information content (AvgIpc) is 3.40. The first-order valence-corrected chi connectivity index (χ1v) is 8.52. The quantitative estimate of drug-likeness (QED) is 0.626. The Kier molecular flexibility index (Phi) is 5.20. The van der Waals surface area contributed by atoms with Gasteiger partial charge in [0.15, 0.2) is 0 Å². The van der Waals surface area contributed by atoms with Crippen LogP contribution in [-0.4, -0.2) is 24.0 Å². The van der Waals surface area contributed by atoms with Crippen LogP contribution < -0.4 is 5.14 Å². The number of hydrogen-bond donors (Lipinski definition) is 1. The maximum absolute atomic E-state index is 5.52. The van der Waals surface area contributed by atoms with Crippen LogP contribution in [0.1, 0.15) is 23.5 Å². The molecule has 0 bridgehead atoms. The van der Waals surface area contributed by atoms with Crippen molar-refractivity contribution in [3.8, 4) is 0 Å². The lowest BCUT2D eigenvalue weighted by molar-refractivity contribution is 0.960. The van der Waals surface area contributed by atoms with Crippen LogP contribution in [0.25, 0.3) is 0 Å². The lowest BCUT2D eigenvalue weighted by atomic mass is 10.1. The third kappa shape index (κ3) is 4.06. The van der Waals surface area contributed by atoms with E-state index in [1.54, 1.807) is 0 Å². The van der Waals surface area contributed by atoms with Gasteiger partial charge in [-0.2, -0.15) is 0 Å². The minimum absolute atomic E-state index is 0.461. The maximum atomic E-state index is 5.52. The summed E-state index contributed by atoms with van der Waals surface area (Å²) in [7, 11) is 0. The van der Waals surface area contributed by atoms with Crippen LogP contribution in [0.5, 0.6) is 0 Å². The number of rotatable bonds is 7. The minimum atomic E-state index is 0.461. The van der Waals surface area contributed by atoms with E-state index in [1.807, 2.05) is 30.5 Å². The second-order valence-corrected chi connectivity index (χ2v) is 6.33. The summed E-state index contributed by atoms with van der Waals surface area (Å²) in [5.41, 5.74) is 3.62. The third-order valence-corrected chi connectivity index (χ3v) is 4.59. The summed E-state index contributed by atoms with van der Waals surface area (Å²) in [5.74, 6) is 0.956. The number of nitrogens with zero attached hydrogens (tertiary/aromatic N) is 3. The molecule has 0 saturated heterocycles. The van der Waals surface area contributed by atoms with Gasteiger partial charge in [0.1, 0.15) is 5.03 Å². The summed E-state index contributed by atoms with van der Waals surface area (Å²) in [6.45, 7) is 4.94. The van der Waals surface area contributed by atoms with Gasteiger partial charge in [0, 0.05) is 17.8 Å². The van der Waals surface area contributed by atoms with Crippen LogP contribution in [0.4, 0.5) is 0 Å². The first kappa shape index (κ1) is 15.9. The summed E-state index contributed by atoms with van der Waals surface area (Å²) in [4.78, 5) is 13.2. The van der Waals surface area contributed by atoms with Crippen molar-refractivity contribution in [3.63, 3.8) is 0 Å². The van der Waals surface area contributed by atoms with Gasteiger partial charge in [0.2, 0.25) is 0 Å². The molecule has 2 N–H and O–H groups in total. The molecule has 23 heavy (non-hydrogen) atoms. The van der Waals surface area contributed by atoms with E-state index in [4.69, 9.17) is 10.1 Å². The van der Waals surface area contributed by atoms with Gasteiger partial charge in [0.05, 0.1) is 13.1 Å². The Labute approximate surface area is 141 Å². The van der Waals surface area contributed by atoms with Crippen LogP contribution >= 0.6 is 11.9 Å². The zero-order valence-electron chi connectivity index (χ0n) is 12.9. The van der Waals surface area contributed by atoms with Gasteiger partial charge in [-0.25, -0.2) is 4.98 Å². The van der Waals surface area contributed by atoms with E-state index in [0.29, 0.717) is 24.9 Å². The largest absolute Gasteiger partial charge is 0.295 e. The monoisotopic (exact) mass is 324 g/mol. The van der Waals surface area contributed by atoms with Crippen molar-refractivity contribution >= 4 is 24.4 Å². The summed E-state index contributed by atoms with van der Waals surface area (Å²) < 4.78 is 0. The fourth-order valence-electron chi connectivity index (χ4n) is 2.79. The predicted molar refractivity (Wildman–Crippen MR) is 97.1 cm³/mol. The van der Waals surface area contributed by atoms with Crippen molar-refractivity contribution in [2.75, 3.05) is 6.54 Å². The van der Waals surface area contributed by atoms with Gasteiger partial charge in [-0.05, 0) is 48.2 Å². The molecule has 1 saturated carbocycles. The highest BCUT2D eigenvalue weighted by Gasteiger charge is 2.41. The highest BCUT2D eigenvalue weighted by Crippen LogP contribution is 2.48. The van der Waals surface area contributed by atoms with Crippen molar-refractivity contribution in [2.45, 2.75) is 23.9 Å². The van der Waals surface area contributed by atoms with Crippen LogP contribution in [0.2, 0.25) is 0 Å². The zero-order valence-corrected chi connectivity index (χ0v) is 13.7. The number of hydrogen-bond acceptors (Lipinski definition) is 5. The molecule has 2 aromatic rings. The SMILES string of the molecule is C=NC/C(=N\Cc1ccccc1)C1CC1c1ccc(SN)nc1. The molecular formula is C18H20N4S. The molecule has 0 amide bonds. The zero-order chi connectivity index (χ0) is 16.1. The second-order valence-electron chi connectivity index (χ2n) is 5.67. The molecule has 2 atom stereocenters. The summed E-state index contributed by atoms with van der Waals surface area (Å²) in [5, 5.41) is 6.36. The molecule has 5 heteroatoms. The molecule has 0 aliphatic heterocycles. The minimum Gasteiger partial charge on any atom is -0.295 e. The molecular weight excluding hydrogens is 304 g/mol. The Morgan fingerprint density at radius 2 is 2.09 bits per heavy atom. The van der Waals surface area contributed by atoms with Crippen molar-refractivity contribution < 1.29 is 0 Å². The fourth-order valence-corrected chi connectivity index (χ4v) is 3.05. The van der Waals surface area contributed by atoms with E-state index >= 15 is 0 Å². The van der Waals surface area contributed by atoms with Gasteiger partial charge < -0.3 is 0 Å². The summed E-state index contributed by atoms with van der Waals surface area (Å²) >= 11 is 1.17. The molecule has 3 rings (SSSR count). The Bertz CT molecular complexity index is 682. The lowest BCUT2D eigenvalue weighted by Gasteiger charge is -2.05. The Morgan fingerprint density at radius 3 is 2.74 bits per heavy atom. The first-order chi connectivity index (χ1) is 11.3. The highest BCUT2D eigenvalue weighted by atomic mass is 32.2. The van der Waals surface area contributed by atoms with E-state index in [-0.39, 0.29) is 0 Å². The van der Waals surface area contributed by atoms with Crippen LogP contribution in [-0.2, 0) is 6.54 Å². The molecule has 1 aliphatic rings. The van der Waals surface area contributed by atoms with E-state index in [1.165, 1.54) is 23.1 Å². The Balaban J connectivity index is 1.68. The number of benzene rings is 1. The average molecular weight is 324 g/mol. The fraction of sp³-hybridized carbons (Fsp3) is 0.278. The van der Waals surface area contributed by atoms with Crippen molar-refractivity contribution in [2.24, 2.45) is 21.0 Å².